The minimum atomic E-state index is 0.269. The van der Waals surface area contributed by atoms with Gasteiger partial charge in [0.25, 0.3) is 0 Å². The monoisotopic (exact) mass is 110 g/mol. The molecule has 0 N–H and O–H groups in total. The molecule has 2 nitrogen and oxygen atoms in total. The molecule has 0 bridgehead atoms. The van der Waals surface area contributed by atoms with Crippen molar-refractivity contribution in [1.82, 2.24) is 0 Å². The van der Waals surface area contributed by atoms with Crippen LogP contribution in [0.25, 0.3) is 0 Å². The molecule has 0 aromatic carbocycles. The summed E-state index contributed by atoms with van der Waals surface area (Å²) >= 11 is 0. The van der Waals surface area contributed by atoms with E-state index in [4.69, 9.17) is 0 Å². The molecule has 0 aromatic rings. The molecular weight excluding hydrogens is 104 g/mol. The van der Waals surface area contributed by atoms with Gasteiger partial charge in [-0.2, -0.15) is 0 Å². The van der Waals surface area contributed by atoms with Gasteiger partial charge in [0.2, 0.25) is 0 Å². The summed E-state index contributed by atoms with van der Waals surface area (Å²) in [5.74, 6) is 1.49. The van der Waals surface area contributed by atoms with E-state index in [0.717, 1.165) is 12.6 Å². The minimum absolute atomic E-state index is 0.269. The number of hydrogen-bond donors (Lipinski definition) is 0. The quantitative estimate of drug-likeness (QED) is 0.464. The van der Waals surface area contributed by atoms with Crippen LogP contribution in [0.2, 0.25) is 0 Å². The Morgan fingerprint density at radius 3 is 1.50 bits per heavy atom. The van der Waals surface area contributed by atoms with Crippen LogP contribution < -0.4 is 0 Å². The van der Waals surface area contributed by atoms with Crippen LogP contribution in [0.3, 0.4) is 0 Å². The van der Waals surface area contributed by atoms with Gasteiger partial charge in [-0.15, -0.1) is 0 Å². The predicted octanol–water partition coefficient (Wildman–Crippen LogP) is -0.124. The molecule has 0 aliphatic heterocycles. The van der Waals surface area contributed by atoms with E-state index in [0.29, 0.717) is 11.8 Å². The van der Waals surface area contributed by atoms with E-state index in [1.54, 1.807) is 0 Å². The highest BCUT2D eigenvalue weighted by Crippen LogP contribution is 2.71. The summed E-state index contributed by atoms with van der Waals surface area (Å²) in [5.41, 5.74) is 0. The molecule has 2 rings (SSSR count). The fourth-order valence-electron chi connectivity index (χ4n) is 1.50. The Balaban J connectivity index is 1.94. The van der Waals surface area contributed by atoms with Crippen molar-refractivity contribution in [3.63, 3.8) is 0 Å². The van der Waals surface area contributed by atoms with Crippen LogP contribution in [0, 0.1) is 23.7 Å². The van der Waals surface area contributed by atoms with Gasteiger partial charge in [0.1, 0.15) is 12.6 Å². The van der Waals surface area contributed by atoms with Gasteiger partial charge >= 0.3 is 0 Å². The van der Waals surface area contributed by atoms with Crippen LogP contribution in [-0.2, 0) is 9.59 Å². The lowest BCUT2D eigenvalue weighted by molar-refractivity contribution is -0.112. The molecule has 0 heterocycles. The van der Waals surface area contributed by atoms with Crippen molar-refractivity contribution in [3.8, 4) is 0 Å². The second-order valence-corrected chi connectivity index (χ2v) is 2.58. The maximum Gasteiger partial charge on any atom is 0.123 e. The molecule has 0 spiro atoms. The summed E-state index contributed by atoms with van der Waals surface area (Å²) in [6.45, 7) is 0. The Morgan fingerprint density at radius 2 is 1.25 bits per heavy atom. The average Bonchev–Trinajstić information content (AvgIpc) is 2.51. The van der Waals surface area contributed by atoms with E-state index in [-0.39, 0.29) is 11.8 Å². The Hall–Kier alpha value is -0.660. The molecule has 8 heavy (non-hydrogen) atoms. The van der Waals surface area contributed by atoms with E-state index in [1.165, 1.54) is 0 Å². The SMILES string of the molecule is O=CC1C2C(C=O)C12. The molecule has 0 atom stereocenters. The predicted molar refractivity (Wildman–Crippen MR) is 26.1 cm³/mol. The van der Waals surface area contributed by atoms with Crippen molar-refractivity contribution >= 4 is 12.6 Å². The van der Waals surface area contributed by atoms with Crippen molar-refractivity contribution in [2.75, 3.05) is 0 Å². The minimum Gasteiger partial charge on any atom is -0.303 e. The lowest BCUT2D eigenvalue weighted by Gasteiger charge is -1.93. The van der Waals surface area contributed by atoms with Crippen LogP contribution in [0.1, 0.15) is 0 Å². The molecule has 2 aliphatic rings. The van der Waals surface area contributed by atoms with E-state index >= 15 is 0 Å². The molecule has 0 saturated heterocycles. The maximum absolute atomic E-state index is 9.95. The molecule has 0 radical (unpaired) electrons. The number of hydrogen-bond acceptors (Lipinski definition) is 2. The Bertz CT molecular complexity index is 127. The van der Waals surface area contributed by atoms with Gasteiger partial charge in [0.15, 0.2) is 0 Å². The number of carbonyl (C=O) groups excluding carboxylic acids is 2. The number of fused-ring (bicyclic) bond motifs is 1. The summed E-state index contributed by atoms with van der Waals surface area (Å²) in [5, 5.41) is 0. The highest BCUT2D eigenvalue weighted by Gasteiger charge is 2.73. The highest BCUT2D eigenvalue weighted by atomic mass is 16.1. The highest BCUT2D eigenvalue weighted by molar-refractivity contribution is 5.74. The van der Waals surface area contributed by atoms with Crippen LogP contribution in [0.5, 0.6) is 0 Å². The summed E-state index contributed by atoms with van der Waals surface area (Å²) in [4.78, 5) is 19.9. The Kier molecular flexibility index (Phi) is 0.539. The Morgan fingerprint density at radius 1 is 0.875 bits per heavy atom. The second kappa shape index (κ2) is 1.02. The van der Waals surface area contributed by atoms with Gasteiger partial charge in [0.05, 0.1) is 0 Å². The van der Waals surface area contributed by atoms with Crippen molar-refractivity contribution in [1.29, 1.82) is 0 Å². The largest absolute Gasteiger partial charge is 0.303 e. The summed E-state index contributed by atoms with van der Waals surface area (Å²) < 4.78 is 0. The van der Waals surface area contributed by atoms with Crippen LogP contribution >= 0.6 is 0 Å². The van der Waals surface area contributed by atoms with Gasteiger partial charge in [-0.3, -0.25) is 0 Å². The van der Waals surface area contributed by atoms with Gasteiger partial charge in [-0.1, -0.05) is 0 Å². The van der Waals surface area contributed by atoms with Crippen LogP contribution in [-0.4, -0.2) is 12.6 Å². The van der Waals surface area contributed by atoms with E-state index in [2.05, 4.69) is 0 Å². The summed E-state index contributed by atoms with van der Waals surface area (Å²) in [6, 6.07) is 0. The van der Waals surface area contributed by atoms with Crippen molar-refractivity contribution in [3.05, 3.63) is 0 Å². The van der Waals surface area contributed by atoms with E-state index < -0.39 is 0 Å². The van der Waals surface area contributed by atoms with Gasteiger partial charge in [-0.25, -0.2) is 0 Å². The van der Waals surface area contributed by atoms with Crippen molar-refractivity contribution in [2.45, 2.75) is 0 Å². The topological polar surface area (TPSA) is 34.1 Å². The van der Waals surface area contributed by atoms with E-state index in [1.807, 2.05) is 0 Å². The normalized spacial score (nSPS) is 56.5. The van der Waals surface area contributed by atoms with Crippen LogP contribution in [0.15, 0.2) is 0 Å². The molecule has 0 aromatic heterocycles. The first-order valence-electron chi connectivity index (χ1n) is 2.80. The number of aldehydes is 2. The van der Waals surface area contributed by atoms with Gasteiger partial charge < -0.3 is 9.59 Å². The molecule has 2 fully saturated rings. The zero-order chi connectivity index (χ0) is 5.72. The second-order valence-electron chi connectivity index (χ2n) is 2.58. The van der Waals surface area contributed by atoms with Crippen molar-refractivity contribution in [2.24, 2.45) is 23.7 Å². The molecule has 2 aliphatic carbocycles. The average molecular weight is 110 g/mol. The summed E-state index contributed by atoms with van der Waals surface area (Å²) in [7, 11) is 0. The maximum atomic E-state index is 9.95. The third-order valence-corrected chi connectivity index (χ3v) is 2.25. The molecule has 0 unspecified atom stereocenters. The van der Waals surface area contributed by atoms with Gasteiger partial charge in [-0.05, 0) is 11.8 Å². The fraction of sp³-hybridized carbons (Fsp3) is 0.667. The first-order chi connectivity index (χ1) is 3.90. The molecular formula is C6H6O2. The number of carbonyl (C=O) groups is 2. The molecule has 2 saturated carbocycles. The lowest BCUT2D eigenvalue weighted by atomic mass is 10.1. The fourth-order valence-corrected chi connectivity index (χ4v) is 1.50. The first-order valence-corrected chi connectivity index (χ1v) is 2.80. The zero-order valence-electron chi connectivity index (χ0n) is 4.28. The molecule has 0 amide bonds. The first kappa shape index (κ1) is 4.24. The molecule has 42 valence electrons. The zero-order valence-corrected chi connectivity index (χ0v) is 4.28. The standard InChI is InChI=1S/C6H6O2/c7-1-3-5-4(2-8)6(3)5/h1-6H. The molecule has 2 heteroatoms. The smallest absolute Gasteiger partial charge is 0.123 e. The number of rotatable bonds is 2. The summed E-state index contributed by atoms with van der Waals surface area (Å²) in [6.07, 6.45) is 1.94. The van der Waals surface area contributed by atoms with Gasteiger partial charge in [0, 0.05) is 11.8 Å². The van der Waals surface area contributed by atoms with Crippen LogP contribution in [0.4, 0.5) is 0 Å². The Labute approximate surface area is 46.9 Å². The van der Waals surface area contributed by atoms with Crippen molar-refractivity contribution < 1.29 is 9.59 Å². The third-order valence-electron chi connectivity index (χ3n) is 2.25. The third kappa shape index (κ3) is 0.269. The lowest BCUT2D eigenvalue weighted by Crippen LogP contribution is -2.01. The van der Waals surface area contributed by atoms with E-state index in [9.17, 15) is 9.59 Å².